The van der Waals surface area contributed by atoms with Crippen LogP contribution in [0.3, 0.4) is 0 Å². The van der Waals surface area contributed by atoms with Crippen LogP contribution in [0.5, 0.6) is 0 Å². The molecule has 0 radical (unpaired) electrons. The van der Waals surface area contributed by atoms with E-state index in [1.807, 2.05) is 21.8 Å². The molecule has 2 aliphatic heterocycles. The molecule has 0 spiro atoms. The van der Waals surface area contributed by atoms with Crippen LogP contribution in [0.15, 0.2) is 24.5 Å². The highest BCUT2D eigenvalue weighted by Gasteiger charge is 2.39. The molecule has 0 amide bonds. The van der Waals surface area contributed by atoms with E-state index in [0.29, 0.717) is 32.1 Å². The molecule has 2 fully saturated rings. The second kappa shape index (κ2) is 6.61. The van der Waals surface area contributed by atoms with Crippen LogP contribution >= 0.6 is 0 Å². The number of aromatic nitrogens is 3. The average Bonchev–Trinajstić information content (AvgIpc) is 3.39. The van der Waals surface area contributed by atoms with Crippen LogP contribution in [0, 0.1) is 0 Å². The van der Waals surface area contributed by atoms with Crippen molar-refractivity contribution in [2.75, 3.05) is 31.2 Å². The highest BCUT2D eigenvalue weighted by Crippen LogP contribution is 2.32. The minimum Gasteiger partial charge on any atom is -0.478 e. The Morgan fingerprint density at radius 1 is 1.19 bits per heavy atom. The maximum Gasteiger partial charge on any atom is 0.339 e. The number of rotatable bonds is 3. The lowest BCUT2D eigenvalue weighted by molar-refractivity contribution is -0.00461. The van der Waals surface area contributed by atoms with Gasteiger partial charge in [-0.2, -0.15) is 5.10 Å². The van der Waals surface area contributed by atoms with Crippen LogP contribution in [0.2, 0.25) is 0 Å². The third-order valence-corrected chi connectivity index (χ3v) is 5.68. The molecule has 27 heavy (non-hydrogen) atoms. The van der Waals surface area contributed by atoms with Crippen molar-refractivity contribution in [3.05, 3.63) is 41.3 Å². The monoisotopic (exact) mass is 370 g/mol. The lowest BCUT2D eigenvalue weighted by Crippen LogP contribution is -2.28. The zero-order chi connectivity index (χ0) is 18.4. The average molecular weight is 370 g/mol. The maximum absolute atomic E-state index is 11.8. The second-order valence-corrected chi connectivity index (χ2v) is 7.41. The predicted octanol–water partition coefficient (Wildman–Crippen LogP) is 1.31. The van der Waals surface area contributed by atoms with Crippen molar-refractivity contribution >= 4 is 11.8 Å². The Bertz CT molecular complexity index is 838. The van der Waals surface area contributed by atoms with Gasteiger partial charge in [0.1, 0.15) is 23.6 Å². The minimum absolute atomic E-state index is 0.0618. The number of anilines is 1. The van der Waals surface area contributed by atoms with E-state index < -0.39 is 5.97 Å². The summed E-state index contributed by atoms with van der Waals surface area (Å²) in [7, 11) is 0. The summed E-state index contributed by atoms with van der Waals surface area (Å²) in [5.41, 5.74) is 2.38. The van der Waals surface area contributed by atoms with Crippen molar-refractivity contribution in [1.29, 1.82) is 0 Å². The summed E-state index contributed by atoms with van der Waals surface area (Å²) in [5.74, 6) is -0.382. The van der Waals surface area contributed by atoms with Crippen LogP contribution < -0.4 is 4.90 Å². The maximum atomic E-state index is 11.8. The molecule has 8 heteroatoms. The summed E-state index contributed by atoms with van der Waals surface area (Å²) in [5, 5.41) is 13.9. The van der Waals surface area contributed by atoms with Gasteiger partial charge in [0.2, 0.25) is 0 Å². The molecule has 2 aromatic heterocycles. The number of carbonyl (C=O) groups is 1. The topological polar surface area (TPSA) is 89.7 Å². The van der Waals surface area contributed by atoms with E-state index in [1.165, 1.54) is 0 Å². The lowest BCUT2D eigenvalue weighted by Gasteiger charge is -2.22. The normalized spacial score (nSPS) is 25.3. The first-order valence-electron chi connectivity index (χ1n) is 9.42. The van der Waals surface area contributed by atoms with Crippen LogP contribution in [0.25, 0.3) is 0 Å². The Morgan fingerprint density at radius 3 is 2.63 bits per heavy atom. The van der Waals surface area contributed by atoms with Gasteiger partial charge < -0.3 is 19.5 Å². The quantitative estimate of drug-likeness (QED) is 0.871. The van der Waals surface area contributed by atoms with Crippen molar-refractivity contribution in [1.82, 2.24) is 14.8 Å². The molecule has 1 N–H and O–H groups in total. The first-order valence-corrected chi connectivity index (χ1v) is 9.42. The summed E-state index contributed by atoms with van der Waals surface area (Å²) >= 11 is 0. The number of aromatic carboxylic acids is 1. The summed E-state index contributed by atoms with van der Waals surface area (Å²) in [6.45, 7) is 2.23. The summed E-state index contributed by atoms with van der Waals surface area (Å²) in [6.07, 6.45) is 6.34. The highest BCUT2D eigenvalue weighted by molar-refractivity contribution is 5.93. The van der Waals surface area contributed by atoms with E-state index in [2.05, 4.69) is 5.10 Å². The van der Waals surface area contributed by atoms with Crippen LogP contribution in [0.1, 0.15) is 34.1 Å². The molecule has 0 saturated carbocycles. The van der Waals surface area contributed by atoms with Crippen molar-refractivity contribution < 1.29 is 19.4 Å². The van der Waals surface area contributed by atoms with Gasteiger partial charge in [-0.25, -0.2) is 9.78 Å². The van der Waals surface area contributed by atoms with Gasteiger partial charge in [-0.15, -0.1) is 0 Å². The fourth-order valence-electron chi connectivity index (χ4n) is 4.26. The zero-order valence-electron chi connectivity index (χ0n) is 15.0. The number of pyridine rings is 1. The summed E-state index contributed by atoms with van der Waals surface area (Å²) in [6, 6.07) is 3.75. The number of nitrogens with zero attached hydrogens (tertiary/aromatic N) is 4. The van der Waals surface area contributed by atoms with Gasteiger partial charge in [-0.1, -0.05) is 0 Å². The fourth-order valence-corrected chi connectivity index (χ4v) is 4.26. The molecule has 2 saturated heterocycles. The summed E-state index contributed by atoms with van der Waals surface area (Å²) in [4.78, 5) is 18.5. The highest BCUT2D eigenvalue weighted by atomic mass is 16.6. The molecule has 0 aromatic carbocycles. The van der Waals surface area contributed by atoms with Gasteiger partial charge in [0.15, 0.2) is 0 Å². The van der Waals surface area contributed by atoms with Gasteiger partial charge in [0.05, 0.1) is 19.3 Å². The number of carboxylic acid groups (broad SMARTS) is 1. The number of hydrogen-bond donors (Lipinski definition) is 1. The predicted molar refractivity (Wildman–Crippen MR) is 96.2 cm³/mol. The number of carboxylic acids is 1. The molecule has 2 atom stereocenters. The van der Waals surface area contributed by atoms with Gasteiger partial charge in [0, 0.05) is 31.2 Å². The van der Waals surface area contributed by atoms with E-state index in [0.717, 1.165) is 30.5 Å². The molecule has 2 aromatic rings. The Labute approximate surface area is 156 Å². The summed E-state index contributed by atoms with van der Waals surface area (Å²) < 4.78 is 14.1. The van der Waals surface area contributed by atoms with Gasteiger partial charge in [0.25, 0.3) is 0 Å². The van der Waals surface area contributed by atoms with E-state index in [9.17, 15) is 9.90 Å². The second-order valence-electron chi connectivity index (χ2n) is 7.41. The number of ether oxygens (including phenoxy) is 2. The molecule has 0 unspecified atom stereocenters. The fraction of sp³-hybridized carbons (Fsp3) is 0.526. The number of hydrogen-bond acceptors (Lipinski definition) is 6. The molecule has 1 aliphatic carbocycles. The first-order chi connectivity index (χ1) is 13.2. The van der Waals surface area contributed by atoms with Crippen molar-refractivity contribution in [3.63, 3.8) is 0 Å². The van der Waals surface area contributed by atoms with Crippen LogP contribution in [0.4, 0.5) is 5.82 Å². The van der Waals surface area contributed by atoms with E-state index in [1.54, 1.807) is 12.3 Å². The molecular weight excluding hydrogens is 348 g/mol. The largest absolute Gasteiger partial charge is 0.478 e. The Balaban J connectivity index is 1.36. The molecule has 0 bridgehead atoms. The van der Waals surface area contributed by atoms with E-state index >= 15 is 0 Å². The lowest BCUT2D eigenvalue weighted by atomic mass is 10.1. The Morgan fingerprint density at radius 2 is 1.96 bits per heavy atom. The van der Waals surface area contributed by atoms with E-state index in [4.69, 9.17) is 14.5 Å². The van der Waals surface area contributed by atoms with Gasteiger partial charge >= 0.3 is 5.97 Å². The third-order valence-electron chi connectivity index (χ3n) is 5.68. The molecule has 4 heterocycles. The molecule has 3 aliphatic rings. The zero-order valence-corrected chi connectivity index (χ0v) is 15.0. The molecule has 142 valence electrons. The van der Waals surface area contributed by atoms with E-state index in [-0.39, 0.29) is 23.8 Å². The Hall–Kier alpha value is -2.45. The van der Waals surface area contributed by atoms with Crippen LogP contribution in [-0.2, 0) is 22.3 Å². The smallest absolute Gasteiger partial charge is 0.339 e. The standard InChI is InChI=1S/C19H22N4O4/c24-19(25)14-7-12-3-1-4-15(12)21-18(14)22-8-16-17(9-22)27-11-13(10-26-16)23-6-2-5-20-23/h2,5-7,13,16-17H,1,3-4,8-11H2,(H,24,25)/t16-,17-/m0/s1. The number of aryl methyl sites for hydroxylation is 2. The molecule has 5 rings (SSSR count). The van der Waals surface area contributed by atoms with Gasteiger partial charge in [-0.05, 0) is 37.0 Å². The van der Waals surface area contributed by atoms with Gasteiger partial charge in [-0.3, -0.25) is 4.68 Å². The number of fused-ring (bicyclic) bond motifs is 2. The Kier molecular flexibility index (Phi) is 4.09. The van der Waals surface area contributed by atoms with Crippen molar-refractivity contribution in [3.8, 4) is 0 Å². The SMILES string of the molecule is O=C(O)c1cc2c(nc1N1C[C@@H]3OCC(n4cccn4)CO[C@H]3C1)CCC2. The third kappa shape index (κ3) is 2.98. The first kappa shape index (κ1) is 16.7. The molecular formula is C19H22N4O4. The minimum atomic E-state index is -0.931. The van der Waals surface area contributed by atoms with Crippen molar-refractivity contribution in [2.45, 2.75) is 37.5 Å². The van der Waals surface area contributed by atoms with Crippen molar-refractivity contribution in [2.24, 2.45) is 0 Å². The molecule has 8 nitrogen and oxygen atoms in total. The van der Waals surface area contributed by atoms with Crippen LogP contribution in [-0.4, -0.2) is 64.4 Å².